The molecule has 0 amide bonds. The van der Waals surface area contributed by atoms with Crippen LogP contribution in [0.5, 0.6) is 0 Å². The van der Waals surface area contributed by atoms with Crippen LogP contribution in [-0.4, -0.2) is 10.4 Å². The molecule has 2 rings (SSSR count). The second-order valence-corrected chi connectivity index (χ2v) is 5.39. The van der Waals surface area contributed by atoms with Crippen LogP contribution < -0.4 is 5.56 Å². The molecule has 1 heterocycles. The molecule has 2 aromatic rings. The summed E-state index contributed by atoms with van der Waals surface area (Å²) in [6, 6.07) is 7.98. The molecule has 0 saturated heterocycles. The van der Waals surface area contributed by atoms with Crippen molar-refractivity contribution in [3.8, 4) is 0 Å². The van der Waals surface area contributed by atoms with Crippen molar-refractivity contribution in [1.29, 1.82) is 0 Å². The summed E-state index contributed by atoms with van der Waals surface area (Å²) in [7, 11) is 1.75. The molecule has 3 heteroatoms. The average Bonchev–Trinajstić information content (AvgIpc) is 2.34. The zero-order valence-electron chi connectivity index (χ0n) is 11.9. The van der Waals surface area contributed by atoms with E-state index in [0.29, 0.717) is 11.5 Å². The summed E-state index contributed by atoms with van der Waals surface area (Å²) in [4.78, 5) is 23.4. The first-order chi connectivity index (χ1) is 8.90. The van der Waals surface area contributed by atoms with Gasteiger partial charge in [0.25, 0.3) is 5.56 Å². The minimum absolute atomic E-state index is 0.0106. The fourth-order valence-corrected chi connectivity index (χ4v) is 2.32. The first kappa shape index (κ1) is 13.5. The van der Waals surface area contributed by atoms with Crippen molar-refractivity contribution in [2.45, 2.75) is 33.1 Å². The van der Waals surface area contributed by atoms with Gasteiger partial charge in [0.05, 0.1) is 5.52 Å². The number of ketones is 1. The van der Waals surface area contributed by atoms with Crippen molar-refractivity contribution in [3.05, 3.63) is 45.7 Å². The quantitative estimate of drug-likeness (QED) is 0.848. The SMILES string of the molecule is CC(=O)Cc1cc2cc(C(C)C)ccc2n(C)c1=O. The molecule has 0 radical (unpaired) electrons. The molecule has 0 aliphatic heterocycles. The Morgan fingerprint density at radius 2 is 1.95 bits per heavy atom. The van der Waals surface area contributed by atoms with E-state index in [1.807, 2.05) is 12.1 Å². The zero-order valence-corrected chi connectivity index (χ0v) is 11.9. The van der Waals surface area contributed by atoms with E-state index in [2.05, 4.69) is 26.0 Å². The molecule has 1 aromatic carbocycles. The van der Waals surface area contributed by atoms with E-state index in [1.54, 1.807) is 11.6 Å². The highest BCUT2D eigenvalue weighted by atomic mass is 16.1. The standard InChI is InChI=1S/C16H19NO2/c1-10(2)12-5-6-15-13(8-12)9-14(7-11(3)18)16(19)17(15)4/h5-6,8-10H,7H2,1-4H3. The number of Topliss-reactive ketones (excluding diaryl/α,β-unsaturated/α-hetero) is 1. The third-order valence-corrected chi connectivity index (χ3v) is 3.43. The lowest BCUT2D eigenvalue weighted by Gasteiger charge is -2.11. The minimum atomic E-state index is -0.0833. The fourth-order valence-electron chi connectivity index (χ4n) is 2.32. The number of nitrogens with zero attached hydrogens (tertiary/aromatic N) is 1. The predicted octanol–water partition coefficient (Wildman–Crippen LogP) is 2.79. The van der Waals surface area contributed by atoms with Crippen molar-refractivity contribution in [2.24, 2.45) is 7.05 Å². The number of fused-ring (bicyclic) bond motifs is 1. The van der Waals surface area contributed by atoms with Gasteiger partial charge in [0.1, 0.15) is 5.78 Å². The van der Waals surface area contributed by atoms with Crippen LogP contribution in [0.3, 0.4) is 0 Å². The highest BCUT2D eigenvalue weighted by Crippen LogP contribution is 2.21. The van der Waals surface area contributed by atoms with Gasteiger partial charge in [-0.3, -0.25) is 9.59 Å². The topological polar surface area (TPSA) is 39.1 Å². The van der Waals surface area contributed by atoms with Crippen molar-refractivity contribution in [3.63, 3.8) is 0 Å². The number of aryl methyl sites for hydroxylation is 1. The Kier molecular flexibility index (Phi) is 3.56. The van der Waals surface area contributed by atoms with E-state index in [4.69, 9.17) is 0 Å². The molecule has 1 aromatic heterocycles. The van der Waals surface area contributed by atoms with Gasteiger partial charge in [0, 0.05) is 19.0 Å². The number of rotatable bonds is 3. The van der Waals surface area contributed by atoms with Gasteiger partial charge in [0.15, 0.2) is 0 Å². The number of carbonyl (C=O) groups excluding carboxylic acids is 1. The van der Waals surface area contributed by atoms with Crippen LogP contribution in [0, 0.1) is 0 Å². The number of benzene rings is 1. The molecular weight excluding hydrogens is 238 g/mol. The van der Waals surface area contributed by atoms with Gasteiger partial charge in [-0.05, 0) is 42.0 Å². The summed E-state index contributed by atoms with van der Waals surface area (Å²) in [5.41, 5.74) is 2.63. The van der Waals surface area contributed by atoms with Crippen LogP contribution in [0.2, 0.25) is 0 Å². The maximum absolute atomic E-state index is 12.1. The predicted molar refractivity (Wildman–Crippen MR) is 77.7 cm³/mol. The van der Waals surface area contributed by atoms with Gasteiger partial charge in [0.2, 0.25) is 0 Å². The van der Waals surface area contributed by atoms with Crippen LogP contribution in [0.4, 0.5) is 0 Å². The van der Waals surface area contributed by atoms with Crippen molar-refractivity contribution in [1.82, 2.24) is 4.57 Å². The lowest BCUT2D eigenvalue weighted by atomic mass is 9.99. The summed E-state index contributed by atoms with van der Waals surface area (Å²) in [6.07, 6.45) is 0.203. The second kappa shape index (κ2) is 5.00. The molecule has 0 saturated carbocycles. The molecule has 0 aliphatic carbocycles. The second-order valence-electron chi connectivity index (χ2n) is 5.39. The van der Waals surface area contributed by atoms with Gasteiger partial charge < -0.3 is 4.57 Å². The summed E-state index contributed by atoms with van der Waals surface area (Å²) in [5, 5.41) is 1.02. The van der Waals surface area contributed by atoms with E-state index in [9.17, 15) is 9.59 Å². The maximum atomic E-state index is 12.1. The molecule has 0 aliphatic rings. The molecular formula is C16H19NO2. The van der Waals surface area contributed by atoms with Crippen LogP contribution in [-0.2, 0) is 18.3 Å². The monoisotopic (exact) mass is 257 g/mol. The van der Waals surface area contributed by atoms with E-state index in [1.165, 1.54) is 12.5 Å². The van der Waals surface area contributed by atoms with Gasteiger partial charge in [-0.2, -0.15) is 0 Å². The maximum Gasteiger partial charge on any atom is 0.254 e. The highest BCUT2D eigenvalue weighted by molar-refractivity contribution is 5.83. The Labute approximate surface area is 112 Å². The first-order valence-electron chi connectivity index (χ1n) is 6.52. The van der Waals surface area contributed by atoms with Crippen molar-refractivity contribution >= 4 is 16.7 Å². The van der Waals surface area contributed by atoms with E-state index < -0.39 is 0 Å². The summed E-state index contributed by atoms with van der Waals surface area (Å²) in [6.45, 7) is 5.79. The van der Waals surface area contributed by atoms with Crippen LogP contribution in [0.15, 0.2) is 29.1 Å². The summed E-state index contributed by atoms with van der Waals surface area (Å²) >= 11 is 0. The third-order valence-electron chi connectivity index (χ3n) is 3.43. The van der Waals surface area contributed by atoms with Gasteiger partial charge >= 0.3 is 0 Å². The van der Waals surface area contributed by atoms with E-state index in [0.717, 1.165) is 10.9 Å². The van der Waals surface area contributed by atoms with Crippen LogP contribution in [0.1, 0.15) is 37.8 Å². The Morgan fingerprint density at radius 1 is 1.26 bits per heavy atom. The minimum Gasteiger partial charge on any atom is -0.311 e. The number of carbonyl (C=O) groups is 1. The van der Waals surface area contributed by atoms with Crippen molar-refractivity contribution in [2.75, 3.05) is 0 Å². The number of hydrogen-bond donors (Lipinski definition) is 0. The molecule has 0 fully saturated rings. The summed E-state index contributed by atoms with van der Waals surface area (Å²) < 4.78 is 1.62. The van der Waals surface area contributed by atoms with Crippen LogP contribution in [0.25, 0.3) is 10.9 Å². The molecule has 0 unspecified atom stereocenters. The molecule has 0 atom stereocenters. The Morgan fingerprint density at radius 3 is 2.53 bits per heavy atom. The van der Waals surface area contributed by atoms with E-state index >= 15 is 0 Å². The molecule has 0 spiro atoms. The van der Waals surface area contributed by atoms with Gasteiger partial charge in [-0.1, -0.05) is 19.9 Å². The average molecular weight is 257 g/mol. The molecule has 19 heavy (non-hydrogen) atoms. The lowest BCUT2D eigenvalue weighted by Crippen LogP contribution is -2.22. The normalized spacial score (nSPS) is 11.2. The zero-order chi connectivity index (χ0) is 14.2. The van der Waals surface area contributed by atoms with Gasteiger partial charge in [-0.25, -0.2) is 0 Å². The molecule has 0 N–H and O–H groups in total. The third kappa shape index (κ3) is 2.60. The summed E-state index contributed by atoms with van der Waals surface area (Å²) in [5.74, 6) is 0.453. The molecule has 3 nitrogen and oxygen atoms in total. The van der Waals surface area contributed by atoms with E-state index in [-0.39, 0.29) is 17.8 Å². The Balaban J connectivity index is 2.70. The number of pyridine rings is 1. The first-order valence-corrected chi connectivity index (χ1v) is 6.52. The molecule has 100 valence electrons. The Hall–Kier alpha value is -1.90. The lowest BCUT2D eigenvalue weighted by molar-refractivity contribution is -0.116. The number of hydrogen-bond acceptors (Lipinski definition) is 2. The fraction of sp³-hybridized carbons (Fsp3) is 0.375. The van der Waals surface area contributed by atoms with Crippen molar-refractivity contribution < 1.29 is 4.79 Å². The smallest absolute Gasteiger partial charge is 0.254 e. The van der Waals surface area contributed by atoms with Crippen LogP contribution >= 0.6 is 0 Å². The largest absolute Gasteiger partial charge is 0.311 e. The highest BCUT2D eigenvalue weighted by Gasteiger charge is 2.09. The van der Waals surface area contributed by atoms with Gasteiger partial charge in [-0.15, -0.1) is 0 Å². The Bertz CT molecular complexity index is 696. The number of aromatic nitrogens is 1. The molecule has 0 bridgehead atoms.